The minimum atomic E-state index is -0.477. The number of hydrogen-bond donors (Lipinski definition) is 1. The van der Waals surface area contributed by atoms with Gasteiger partial charge in [-0.05, 0) is 19.1 Å². The second kappa shape index (κ2) is 7.46. The van der Waals surface area contributed by atoms with Gasteiger partial charge in [-0.1, -0.05) is 30.4 Å². The SMILES string of the molecule is C=C(C)COCCOC(=O)Nc1ccccc1. The molecule has 4 heteroatoms. The summed E-state index contributed by atoms with van der Waals surface area (Å²) in [6.45, 7) is 6.66. The molecule has 0 unspecified atom stereocenters. The Bertz CT molecular complexity index is 362. The third kappa shape index (κ3) is 6.37. The number of benzene rings is 1. The molecule has 0 heterocycles. The Morgan fingerprint density at radius 2 is 2.00 bits per heavy atom. The molecule has 0 saturated heterocycles. The van der Waals surface area contributed by atoms with Crippen molar-refractivity contribution in [2.24, 2.45) is 0 Å². The van der Waals surface area contributed by atoms with Crippen molar-refractivity contribution >= 4 is 11.8 Å². The van der Waals surface area contributed by atoms with Gasteiger partial charge in [0.2, 0.25) is 0 Å². The molecule has 0 bridgehead atoms. The molecule has 17 heavy (non-hydrogen) atoms. The normalized spacial score (nSPS) is 9.71. The van der Waals surface area contributed by atoms with E-state index in [2.05, 4.69) is 11.9 Å². The van der Waals surface area contributed by atoms with Gasteiger partial charge in [0.25, 0.3) is 0 Å². The van der Waals surface area contributed by atoms with Crippen molar-refractivity contribution in [1.82, 2.24) is 0 Å². The zero-order valence-corrected chi connectivity index (χ0v) is 9.94. The number of anilines is 1. The fourth-order valence-electron chi connectivity index (χ4n) is 1.12. The van der Waals surface area contributed by atoms with E-state index in [0.717, 1.165) is 5.57 Å². The van der Waals surface area contributed by atoms with Gasteiger partial charge in [0.1, 0.15) is 6.61 Å². The zero-order valence-electron chi connectivity index (χ0n) is 9.94. The standard InChI is InChI=1S/C13H17NO3/c1-11(2)10-16-8-9-17-13(15)14-12-6-4-3-5-7-12/h3-7H,1,8-10H2,2H3,(H,14,15). The van der Waals surface area contributed by atoms with Crippen LogP contribution in [0.5, 0.6) is 0 Å². The van der Waals surface area contributed by atoms with Crippen LogP contribution in [0.2, 0.25) is 0 Å². The summed E-state index contributed by atoms with van der Waals surface area (Å²) in [7, 11) is 0. The van der Waals surface area contributed by atoms with E-state index in [1.807, 2.05) is 25.1 Å². The molecule has 0 saturated carbocycles. The van der Waals surface area contributed by atoms with Crippen molar-refractivity contribution in [2.45, 2.75) is 6.92 Å². The van der Waals surface area contributed by atoms with Gasteiger partial charge >= 0.3 is 6.09 Å². The maximum Gasteiger partial charge on any atom is 0.411 e. The van der Waals surface area contributed by atoms with Crippen LogP contribution >= 0.6 is 0 Å². The number of rotatable bonds is 6. The maximum atomic E-state index is 11.3. The number of ether oxygens (including phenoxy) is 2. The second-order valence-electron chi connectivity index (χ2n) is 3.64. The Morgan fingerprint density at radius 3 is 2.65 bits per heavy atom. The molecule has 1 aromatic rings. The highest BCUT2D eigenvalue weighted by atomic mass is 16.6. The first-order chi connectivity index (χ1) is 8.18. The lowest BCUT2D eigenvalue weighted by molar-refractivity contribution is 0.0894. The number of amides is 1. The van der Waals surface area contributed by atoms with Crippen LogP contribution in [-0.2, 0) is 9.47 Å². The molecular formula is C13H17NO3. The third-order valence-corrected chi connectivity index (χ3v) is 1.83. The first-order valence-electron chi connectivity index (χ1n) is 5.39. The zero-order chi connectivity index (χ0) is 12.5. The Kier molecular flexibility index (Phi) is 5.82. The topological polar surface area (TPSA) is 47.6 Å². The summed E-state index contributed by atoms with van der Waals surface area (Å²) in [4.78, 5) is 11.3. The molecule has 92 valence electrons. The highest BCUT2D eigenvalue weighted by Gasteiger charge is 2.01. The summed E-state index contributed by atoms with van der Waals surface area (Å²) in [5.74, 6) is 0. The van der Waals surface area contributed by atoms with E-state index in [1.54, 1.807) is 12.1 Å². The maximum absolute atomic E-state index is 11.3. The minimum Gasteiger partial charge on any atom is -0.447 e. The van der Waals surface area contributed by atoms with E-state index in [1.165, 1.54) is 0 Å². The van der Waals surface area contributed by atoms with Crippen LogP contribution in [0.15, 0.2) is 42.5 Å². The van der Waals surface area contributed by atoms with Gasteiger partial charge in [0.05, 0.1) is 13.2 Å². The van der Waals surface area contributed by atoms with Crippen molar-refractivity contribution in [1.29, 1.82) is 0 Å². The number of carbonyl (C=O) groups is 1. The van der Waals surface area contributed by atoms with Crippen LogP contribution in [0.1, 0.15) is 6.92 Å². The Morgan fingerprint density at radius 1 is 1.29 bits per heavy atom. The quantitative estimate of drug-likeness (QED) is 0.609. The van der Waals surface area contributed by atoms with Crippen LogP contribution in [0.4, 0.5) is 10.5 Å². The van der Waals surface area contributed by atoms with Crippen molar-refractivity contribution in [3.8, 4) is 0 Å². The summed E-state index contributed by atoms with van der Waals surface area (Å²) in [5.41, 5.74) is 1.65. The van der Waals surface area contributed by atoms with Crippen molar-refractivity contribution in [2.75, 3.05) is 25.1 Å². The summed E-state index contributed by atoms with van der Waals surface area (Å²) in [6.07, 6.45) is -0.477. The summed E-state index contributed by atoms with van der Waals surface area (Å²) in [6, 6.07) is 9.14. The number of para-hydroxylation sites is 1. The summed E-state index contributed by atoms with van der Waals surface area (Å²) in [5, 5.41) is 2.61. The van der Waals surface area contributed by atoms with E-state index in [9.17, 15) is 4.79 Å². The molecule has 0 aliphatic carbocycles. The van der Waals surface area contributed by atoms with E-state index < -0.39 is 6.09 Å². The van der Waals surface area contributed by atoms with Crippen LogP contribution in [0.3, 0.4) is 0 Å². The lowest BCUT2D eigenvalue weighted by atomic mass is 10.3. The molecule has 1 aromatic carbocycles. The molecular weight excluding hydrogens is 218 g/mol. The van der Waals surface area contributed by atoms with E-state index in [4.69, 9.17) is 9.47 Å². The predicted octanol–water partition coefficient (Wildman–Crippen LogP) is 2.83. The van der Waals surface area contributed by atoms with Crippen LogP contribution in [-0.4, -0.2) is 25.9 Å². The molecule has 0 aromatic heterocycles. The molecule has 1 amide bonds. The molecule has 0 radical (unpaired) electrons. The smallest absolute Gasteiger partial charge is 0.411 e. The van der Waals surface area contributed by atoms with Gasteiger partial charge in [-0.15, -0.1) is 0 Å². The first kappa shape index (κ1) is 13.3. The largest absolute Gasteiger partial charge is 0.447 e. The van der Waals surface area contributed by atoms with Gasteiger partial charge in [-0.25, -0.2) is 4.79 Å². The van der Waals surface area contributed by atoms with Gasteiger partial charge in [-0.2, -0.15) is 0 Å². The molecule has 0 aliphatic heterocycles. The number of carbonyl (C=O) groups excluding carboxylic acids is 1. The molecule has 4 nitrogen and oxygen atoms in total. The molecule has 1 rings (SSSR count). The Hall–Kier alpha value is -1.81. The third-order valence-electron chi connectivity index (χ3n) is 1.83. The van der Waals surface area contributed by atoms with E-state index in [-0.39, 0.29) is 6.61 Å². The highest BCUT2D eigenvalue weighted by Crippen LogP contribution is 2.04. The average Bonchev–Trinajstić information content (AvgIpc) is 2.29. The molecule has 0 spiro atoms. The van der Waals surface area contributed by atoms with Crippen molar-refractivity contribution in [3.63, 3.8) is 0 Å². The van der Waals surface area contributed by atoms with Gasteiger partial charge in [0.15, 0.2) is 0 Å². The fraction of sp³-hybridized carbons (Fsp3) is 0.308. The van der Waals surface area contributed by atoms with Gasteiger partial charge in [0, 0.05) is 5.69 Å². The monoisotopic (exact) mass is 235 g/mol. The number of nitrogens with one attached hydrogen (secondary N) is 1. The van der Waals surface area contributed by atoms with E-state index >= 15 is 0 Å². The Balaban J connectivity index is 2.12. The van der Waals surface area contributed by atoms with Gasteiger partial charge in [-0.3, -0.25) is 5.32 Å². The lowest BCUT2D eigenvalue weighted by Crippen LogP contribution is -2.16. The molecule has 0 aliphatic rings. The van der Waals surface area contributed by atoms with Crippen LogP contribution in [0, 0.1) is 0 Å². The van der Waals surface area contributed by atoms with Crippen molar-refractivity contribution in [3.05, 3.63) is 42.5 Å². The van der Waals surface area contributed by atoms with E-state index in [0.29, 0.717) is 18.9 Å². The number of hydrogen-bond acceptors (Lipinski definition) is 3. The van der Waals surface area contributed by atoms with Crippen molar-refractivity contribution < 1.29 is 14.3 Å². The predicted molar refractivity (Wildman–Crippen MR) is 67.0 cm³/mol. The minimum absolute atomic E-state index is 0.228. The molecule has 0 atom stereocenters. The van der Waals surface area contributed by atoms with Gasteiger partial charge < -0.3 is 9.47 Å². The average molecular weight is 235 g/mol. The van der Waals surface area contributed by atoms with Crippen LogP contribution < -0.4 is 5.32 Å². The second-order valence-corrected chi connectivity index (χ2v) is 3.64. The first-order valence-corrected chi connectivity index (χ1v) is 5.39. The highest BCUT2D eigenvalue weighted by molar-refractivity contribution is 5.84. The summed E-state index contributed by atoms with van der Waals surface area (Å²) < 4.78 is 10.1. The molecule has 1 N–H and O–H groups in total. The van der Waals surface area contributed by atoms with Crippen LogP contribution in [0.25, 0.3) is 0 Å². The fourth-order valence-corrected chi connectivity index (χ4v) is 1.12. The summed E-state index contributed by atoms with van der Waals surface area (Å²) >= 11 is 0. The Labute approximate surface area is 101 Å². The molecule has 0 fully saturated rings. The lowest BCUT2D eigenvalue weighted by Gasteiger charge is -2.07.